The summed E-state index contributed by atoms with van der Waals surface area (Å²) in [6, 6.07) is 2.12. The van der Waals surface area contributed by atoms with Gasteiger partial charge in [-0.3, -0.25) is 4.79 Å². The summed E-state index contributed by atoms with van der Waals surface area (Å²) in [5, 5.41) is 0. The maximum absolute atomic E-state index is 13.5. The molecule has 118 valence electrons. The molecule has 8 heteroatoms. The molecule has 0 fully saturated rings. The third-order valence-corrected chi connectivity index (χ3v) is 4.26. The Morgan fingerprint density at radius 1 is 1.43 bits per heavy atom. The Morgan fingerprint density at radius 3 is 2.67 bits per heavy atom. The smallest absolute Gasteiger partial charge is 0.305 e. The monoisotopic (exact) mass is 318 g/mol. The van der Waals surface area contributed by atoms with Gasteiger partial charge in [-0.05, 0) is 32.4 Å². The predicted molar refractivity (Wildman–Crippen MR) is 76.6 cm³/mol. The van der Waals surface area contributed by atoms with Gasteiger partial charge in [-0.15, -0.1) is 0 Å². The number of anilines is 1. The number of sulfonamides is 1. The zero-order valence-electron chi connectivity index (χ0n) is 12.0. The molecule has 0 saturated heterocycles. The molecule has 3 N–H and O–H groups in total. The van der Waals surface area contributed by atoms with Crippen molar-refractivity contribution in [3.05, 3.63) is 23.5 Å². The number of esters is 1. The van der Waals surface area contributed by atoms with Crippen molar-refractivity contribution in [1.29, 1.82) is 0 Å². The summed E-state index contributed by atoms with van der Waals surface area (Å²) < 4.78 is 44.5. The lowest BCUT2D eigenvalue weighted by molar-refractivity contribution is -0.143. The Morgan fingerprint density at radius 2 is 2.10 bits per heavy atom. The SMILES string of the molecule is CCOC(=O)CCCNS(=O)(=O)c1cc(N)c(C)c(F)c1. The van der Waals surface area contributed by atoms with Gasteiger partial charge in [-0.25, -0.2) is 17.5 Å². The zero-order chi connectivity index (χ0) is 16.0. The van der Waals surface area contributed by atoms with Crippen LogP contribution in [0, 0.1) is 12.7 Å². The first-order chi connectivity index (χ1) is 9.77. The Labute approximate surface area is 123 Å². The molecular weight excluding hydrogens is 299 g/mol. The van der Waals surface area contributed by atoms with Crippen LogP contribution in [0.4, 0.5) is 10.1 Å². The van der Waals surface area contributed by atoms with E-state index in [9.17, 15) is 17.6 Å². The molecule has 1 rings (SSSR count). The summed E-state index contributed by atoms with van der Waals surface area (Å²) in [7, 11) is -3.85. The lowest BCUT2D eigenvalue weighted by Crippen LogP contribution is -2.25. The highest BCUT2D eigenvalue weighted by atomic mass is 32.2. The highest BCUT2D eigenvalue weighted by molar-refractivity contribution is 7.89. The van der Waals surface area contributed by atoms with Crippen LogP contribution < -0.4 is 10.5 Å². The standard InChI is InChI=1S/C13H19FN2O4S/c1-3-20-13(17)5-4-6-16-21(18,19)10-7-11(14)9(2)12(15)8-10/h7-8,16H,3-6,15H2,1-2H3. The van der Waals surface area contributed by atoms with Crippen molar-refractivity contribution in [3.8, 4) is 0 Å². The number of nitrogens with one attached hydrogen (secondary N) is 1. The second-order valence-corrected chi connectivity index (χ2v) is 6.19. The molecule has 0 saturated carbocycles. The van der Waals surface area contributed by atoms with Gasteiger partial charge in [-0.2, -0.15) is 0 Å². The first-order valence-corrected chi connectivity index (χ1v) is 7.97. The molecule has 0 radical (unpaired) electrons. The molecule has 0 spiro atoms. The van der Waals surface area contributed by atoms with E-state index in [1.54, 1.807) is 6.92 Å². The molecule has 0 aliphatic carbocycles. The van der Waals surface area contributed by atoms with Crippen molar-refractivity contribution in [2.24, 2.45) is 0 Å². The Kier molecular flexibility index (Phi) is 6.10. The van der Waals surface area contributed by atoms with E-state index in [4.69, 9.17) is 10.5 Å². The number of hydrogen-bond acceptors (Lipinski definition) is 5. The van der Waals surface area contributed by atoms with E-state index < -0.39 is 15.8 Å². The average Bonchev–Trinajstić information content (AvgIpc) is 2.40. The van der Waals surface area contributed by atoms with Crippen molar-refractivity contribution in [2.75, 3.05) is 18.9 Å². The van der Waals surface area contributed by atoms with Gasteiger partial charge >= 0.3 is 5.97 Å². The molecule has 0 atom stereocenters. The molecule has 0 aliphatic heterocycles. The number of nitrogens with two attached hydrogens (primary N) is 1. The molecule has 1 aromatic carbocycles. The van der Waals surface area contributed by atoms with E-state index in [0.29, 0.717) is 6.42 Å². The third kappa shape index (κ3) is 4.98. The number of carbonyl (C=O) groups excluding carboxylic acids is 1. The number of rotatable bonds is 7. The highest BCUT2D eigenvalue weighted by Crippen LogP contribution is 2.20. The van der Waals surface area contributed by atoms with Gasteiger partial charge in [0.25, 0.3) is 0 Å². The summed E-state index contributed by atoms with van der Waals surface area (Å²) in [5.41, 5.74) is 5.83. The topological polar surface area (TPSA) is 98.5 Å². The molecule has 0 aromatic heterocycles. The van der Waals surface area contributed by atoms with Crippen molar-refractivity contribution < 1.29 is 22.3 Å². The van der Waals surface area contributed by atoms with Crippen LogP contribution in [-0.2, 0) is 19.6 Å². The van der Waals surface area contributed by atoms with Crippen LogP contribution in [0.2, 0.25) is 0 Å². The Hall–Kier alpha value is -1.67. The largest absolute Gasteiger partial charge is 0.466 e. The number of halogens is 1. The van der Waals surface area contributed by atoms with Crippen LogP contribution in [-0.4, -0.2) is 27.5 Å². The van der Waals surface area contributed by atoms with Crippen LogP contribution in [0.1, 0.15) is 25.3 Å². The van der Waals surface area contributed by atoms with Gasteiger partial charge < -0.3 is 10.5 Å². The molecule has 1 aromatic rings. The lowest BCUT2D eigenvalue weighted by Gasteiger charge is -2.09. The molecular formula is C13H19FN2O4S. The first-order valence-electron chi connectivity index (χ1n) is 6.49. The molecule has 6 nitrogen and oxygen atoms in total. The Balaban J connectivity index is 2.64. The lowest BCUT2D eigenvalue weighted by atomic mass is 10.2. The second kappa shape index (κ2) is 7.37. The Bertz CT molecular complexity index is 594. The van der Waals surface area contributed by atoms with Crippen molar-refractivity contribution in [1.82, 2.24) is 4.72 Å². The fourth-order valence-electron chi connectivity index (χ4n) is 1.59. The number of nitrogen functional groups attached to an aromatic ring is 1. The van der Waals surface area contributed by atoms with Crippen LogP contribution in [0.3, 0.4) is 0 Å². The third-order valence-electron chi connectivity index (χ3n) is 2.82. The predicted octanol–water partition coefficient (Wildman–Crippen LogP) is 1.34. The summed E-state index contributed by atoms with van der Waals surface area (Å²) >= 11 is 0. The second-order valence-electron chi connectivity index (χ2n) is 4.43. The van der Waals surface area contributed by atoms with Crippen LogP contribution in [0.15, 0.2) is 17.0 Å². The number of hydrogen-bond donors (Lipinski definition) is 2. The fourth-order valence-corrected chi connectivity index (χ4v) is 2.71. The summed E-state index contributed by atoms with van der Waals surface area (Å²) in [6.07, 6.45) is 0.405. The van der Waals surface area contributed by atoms with Crippen LogP contribution >= 0.6 is 0 Å². The van der Waals surface area contributed by atoms with Gasteiger partial charge in [0.2, 0.25) is 10.0 Å². The molecule has 0 unspecified atom stereocenters. The van der Waals surface area contributed by atoms with Gasteiger partial charge in [0.1, 0.15) is 5.82 Å². The van der Waals surface area contributed by atoms with E-state index in [1.807, 2.05) is 0 Å². The first kappa shape index (κ1) is 17.4. The number of benzene rings is 1. The van der Waals surface area contributed by atoms with Gasteiger partial charge in [0.05, 0.1) is 11.5 Å². The number of ether oxygens (including phenoxy) is 1. The average molecular weight is 318 g/mol. The minimum atomic E-state index is -3.85. The van der Waals surface area contributed by atoms with Crippen molar-refractivity contribution in [2.45, 2.75) is 31.6 Å². The molecule has 0 bridgehead atoms. The van der Waals surface area contributed by atoms with E-state index in [1.165, 1.54) is 13.0 Å². The van der Waals surface area contributed by atoms with E-state index >= 15 is 0 Å². The van der Waals surface area contributed by atoms with Gasteiger partial charge in [0.15, 0.2) is 0 Å². The minimum Gasteiger partial charge on any atom is -0.466 e. The van der Waals surface area contributed by atoms with Crippen LogP contribution in [0.25, 0.3) is 0 Å². The van der Waals surface area contributed by atoms with Gasteiger partial charge in [0, 0.05) is 24.2 Å². The van der Waals surface area contributed by atoms with Crippen molar-refractivity contribution >= 4 is 21.7 Å². The fraction of sp³-hybridized carbons (Fsp3) is 0.462. The summed E-state index contributed by atoms with van der Waals surface area (Å²) in [4.78, 5) is 10.9. The molecule has 0 heterocycles. The summed E-state index contributed by atoms with van der Waals surface area (Å²) in [5.74, 6) is -1.07. The normalized spacial score (nSPS) is 11.4. The summed E-state index contributed by atoms with van der Waals surface area (Å²) in [6.45, 7) is 3.49. The van der Waals surface area contributed by atoms with Crippen molar-refractivity contribution in [3.63, 3.8) is 0 Å². The maximum Gasteiger partial charge on any atom is 0.305 e. The van der Waals surface area contributed by atoms with Gasteiger partial charge in [-0.1, -0.05) is 0 Å². The van der Waals surface area contributed by atoms with E-state index in [2.05, 4.69) is 4.72 Å². The molecule has 0 aliphatic rings. The quantitative estimate of drug-likeness (QED) is 0.449. The molecule has 0 amide bonds. The zero-order valence-corrected chi connectivity index (χ0v) is 12.8. The maximum atomic E-state index is 13.5. The minimum absolute atomic E-state index is 0.0521. The van der Waals surface area contributed by atoms with Crippen LogP contribution in [0.5, 0.6) is 0 Å². The highest BCUT2D eigenvalue weighted by Gasteiger charge is 2.17. The van der Waals surface area contributed by atoms with E-state index in [0.717, 1.165) is 6.07 Å². The molecule has 21 heavy (non-hydrogen) atoms. The number of carbonyl (C=O) groups is 1. The van der Waals surface area contributed by atoms with E-state index in [-0.39, 0.29) is 41.7 Å².